The second-order valence-electron chi connectivity index (χ2n) is 21.3. The predicted molar refractivity (Wildman–Crippen MR) is 314 cm³/mol. The van der Waals surface area contributed by atoms with Crippen molar-refractivity contribution in [3.05, 3.63) is 11.8 Å². The smallest absolute Gasteiger partial charge is 0.335 e. The van der Waals surface area contributed by atoms with Gasteiger partial charge in [-0.2, -0.15) is 0 Å². The summed E-state index contributed by atoms with van der Waals surface area (Å²) in [6.45, 7) is 2.68. The summed E-state index contributed by atoms with van der Waals surface area (Å²) in [5.41, 5.74) is 16.5. The molecule has 496 valence electrons. The Bertz CT molecular complexity index is 2270. The van der Waals surface area contributed by atoms with E-state index in [1.54, 1.807) is 0 Å². The molecule has 0 radical (unpaired) electrons. The van der Waals surface area contributed by atoms with E-state index in [4.69, 9.17) is 33.5 Å². The van der Waals surface area contributed by atoms with Gasteiger partial charge >= 0.3 is 17.9 Å². The van der Waals surface area contributed by atoms with Crippen LogP contribution in [0, 0.1) is 0 Å². The first kappa shape index (κ1) is 78.4. The normalized spacial score (nSPS) is 23.9. The molecule has 1 fully saturated rings. The number of alkyl halides is 1. The summed E-state index contributed by atoms with van der Waals surface area (Å²) in [7, 11) is 0. The van der Waals surface area contributed by atoms with E-state index in [0.29, 0.717) is 12.8 Å². The van der Waals surface area contributed by atoms with Gasteiger partial charge in [0.15, 0.2) is 12.1 Å². The van der Waals surface area contributed by atoms with Crippen LogP contribution in [0.3, 0.4) is 0 Å². The van der Waals surface area contributed by atoms with Crippen molar-refractivity contribution in [2.45, 2.75) is 228 Å². The topological polar surface area (TPSA) is 522 Å². The van der Waals surface area contributed by atoms with Crippen LogP contribution in [0.25, 0.3) is 0 Å². The number of carboxylic acids is 2. The maximum atomic E-state index is 14.2. The van der Waals surface area contributed by atoms with Crippen LogP contribution in [0.15, 0.2) is 11.8 Å². The van der Waals surface area contributed by atoms with E-state index < -0.39 is 181 Å². The van der Waals surface area contributed by atoms with Gasteiger partial charge in [-0.1, -0.05) is 96.5 Å². The fraction of sp³-hybridized carbons (Fsp3) is 0.745. The molecule has 1 heterocycles. The lowest BCUT2D eigenvalue weighted by Crippen LogP contribution is -2.62. The third kappa shape index (κ3) is 30.7. The van der Waals surface area contributed by atoms with E-state index in [0.717, 1.165) is 51.5 Å². The Hall–Kier alpha value is -6.61. The average Bonchev–Trinajstić information content (AvgIpc) is 3.53. The van der Waals surface area contributed by atoms with Crippen LogP contribution >= 0.6 is 11.6 Å². The summed E-state index contributed by atoms with van der Waals surface area (Å²) in [5.74, 6) is -17.8. The molecule has 1 rings (SSSR count). The molecule has 0 spiro atoms. The zero-order valence-corrected chi connectivity index (χ0v) is 50.7. The molecule has 1 aliphatic heterocycles. The first-order chi connectivity index (χ1) is 41.3. The third-order valence-corrected chi connectivity index (χ3v) is 14.3. The molecule has 0 aromatic rings. The van der Waals surface area contributed by atoms with E-state index in [-0.39, 0.29) is 45.3 Å². The summed E-state index contributed by atoms with van der Waals surface area (Å²) >= 11 is 5.87. The molecule has 0 bridgehead atoms. The molecule has 9 amide bonds. The first-order valence-corrected chi connectivity index (χ1v) is 30.2. The number of carbonyl (C=O) groups excluding carboxylic acids is 10. The Labute approximate surface area is 511 Å². The highest BCUT2D eigenvalue weighted by Gasteiger charge is 2.41. The van der Waals surface area contributed by atoms with Crippen molar-refractivity contribution in [1.29, 1.82) is 0 Å². The number of halogens is 1. The van der Waals surface area contributed by atoms with Gasteiger partial charge in [-0.3, -0.25) is 47.9 Å². The highest BCUT2D eigenvalue weighted by molar-refractivity contribution is 6.18. The van der Waals surface area contributed by atoms with Crippen molar-refractivity contribution < 1.29 is 92.9 Å². The molecule has 21 N–H and O–H groups in total. The highest BCUT2D eigenvalue weighted by atomic mass is 35.5. The molecule has 12 atom stereocenters. The fourth-order valence-electron chi connectivity index (χ4n) is 8.93. The number of cyclic esters (lactones) is 1. The van der Waals surface area contributed by atoms with Crippen LogP contribution in [0.1, 0.15) is 156 Å². The third-order valence-electron chi connectivity index (χ3n) is 14.0. The number of amides is 9. The minimum Gasteiger partial charge on any atom is -0.481 e. The largest absolute Gasteiger partial charge is 0.481 e. The molecule has 0 saturated carbocycles. The van der Waals surface area contributed by atoms with Gasteiger partial charge in [0.2, 0.25) is 47.3 Å². The number of carboxylic acid groups (broad SMARTS) is 2. The number of allylic oxidation sites excluding steroid dienone is 1. The number of hydrogen-bond donors (Lipinski definition) is 18. The van der Waals surface area contributed by atoms with Gasteiger partial charge < -0.3 is 100 Å². The van der Waals surface area contributed by atoms with E-state index in [9.17, 15) is 88.2 Å². The minimum atomic E-state index is -2.83. The van der Waals surface area contributed by atoms with Gasteiger partial charge in [0, 0.05) is 0 Å². The number of aliphatic carboxylic acids is 2. The number of esters is 1. The second kappa shape index (κ2) is 43.9. The average molecular weight is 1260 g/mol. The molecule has 0 aromatic carbocycles. The van der Waals surface area contributed by atoms with Gasteiger partial charge in [0.25, 0.3) is 5.91 Å². The van der Waals surface area contributed by atoms with Crippen LogP contribution in [-0.4, -0.2) is 207 Å². The van der Waals surface area contributed by atoms with Crippen LogP contribution < -0.4 is 65.1 Å². The molecule has 0 aromatic heterocycles. The van der Waals surface area contributed by atoms with E-state index in [1.807, 2.05) is 10.6 Å². The maximum absolute atomic E-state index is 14.2. The molecule has 1 unspecified atom stereocenters. The van der Waals surface area contributed by atoms with E-state index >= 15 is 0 Å². The number of aliphatic hydroxyl groups is 4. The Kier molecular flexibility index (Phi) is 39.6. The first-order valence-electron chi connectivity index (χ1n) is 29.7. The molecule has 0 aliphatic carbocycles. The van der Waals surface area contributed by atoms with Crippen molar-refractivity contribution in [2.75, 3.05) is 32.1 Å². The lowest BCUT2D eigenvalue weighted by molar-refractivity contribution is -0.155. The summed E-state index contributed by atoms with van der Waals surface area (Å²) in [6, 6.07) is -15.8. The number of unbranched alkanes of at least 4 members (excludes halogenated alkanes) is 13. The Morgan fingerprint density at radius 2 is 1.08 bits per heavy atom. The monoisotopic (exact) mass is 1260 g/mol. The molecule has 1 saturated heterocycles. The number of aliphatic hydroxyl groups excluding tert-OH is 4. The summed E-state index contributed by atoms with van der Waals surface area (Å²) in [5, 5.41) is 82.4. The van der Waals surface area contributed by atoms with Crippen LogP contribution in [0.4, 0.5) is 0 Å². The highest BCUT2D eigenvalue weighted by Crippen LogP contribution is 2.15. The Balaban J connectivity index is 3.88. The minimum absolute atomic E-state index is 0.123. The van der Waals surface area contributed by atoms with E-state index in [1.165, 1.54) is 45.4 Å². The predicted octanol–water partition coefficient (Wildman–Crippen LogP) is -3.60. The number of nitrogens with two attached hydrogens (primary N) is 3. The molecule has 87 heavy (non-hydrogen) atoms. The number of rotatable bonds is 32. The van der Waals surface area contributed by atoms with Gasteiger partial charge in [0.05, 0.1) is 37.0 Å². The van der Waals surface area contributed by atoms with Crippen LogP contribution in [0.5, 0.6) is 0 Å². The molecular formula is C55H95ClN12O19. The summed E-state index contributed by atoms with van der Waals surface area (Å²) < 4.78 is 5.29. The van der Waals surface area contributed by atoms with Crippen LogP contribution in [-0.2, 0) is 62.3 Å². The molecule has 1 aliphatic rings. The van der Waals surface area contributed by atoms with Gasteiger partial charge in [-0.05, 0) is 72.0 Å². The quantitative estimate of drug-likeness (QED) is 0.0134. The van der Waals surface area contributed by atoms with Crippen molar-refractivity contribution in [3.8, 4) is 0 Å². The van der Waals surface area contributed by atoms with E-state index in [2.05, 4.69) is 44.1 Å². The summed E-state index contributed by atoms with van der Waals surface area (Å²) in [4.78, 5) is 163. The van der Waals surface area contributed by atoms with Crippen LogP contribution in [0.2, 0.25) is 0 Å². The van der Waals surface area contributed by atoms with Crippen molar-refractivity contribution in [3.63, 3.8) is 0 Å². The Morgan fingerprint density at radius 1 is 0.598 bits per heavy atom. The van der Waals surface area contributed by atoms with Crippen molar-refractivity contribution >= 4 is 82.7 Å². The fourth-order valence-corrected chi connectivity index (χ4v) is 9.11. The maximum Gasteiger partial charge on any atom is 0.335 e. The summed E-state index contributed by atoms with van der Waals surface area (Å²) in [6.07, 6.45) is 4.80. The molecular weight excluding hydrogens is 1170 g/mol. The number of carbonyl (C=O) groups is 12. The zero-order valence-electron chi connectivity index (χ0n) is 50.0. The van der Waals surface area contributed by atoms with Crippen molar-refractivity contribution in [2.24, 2.45) is 17.2 Å². The van der Waals surface area contributed by atoms with Gasteiger partial charge in [0.1, 0.15) is 54.6 Å². The van der Waals surface area contributed by atoms with Gasteiger partial charge in [-0.15, -0.1) is 11.6 Å². The SMILES string of the molecule is C/C=C1\NC(=O)[C@H]([C@@H](C)O)NC(=O)[C@H](CCN)NC(=O)[C@H](CCCCN)NC(=O)[C@H](CC(=O)O)NC(=O)[C@@H](CCN)NC(=O)[C@@H](NC(=O)CC(O)CCCCCCCCCCCCCCC)COC(=O)[C@H]([C@H](O)CCl)NC(=O)[C@H]([C@H](O)C(=O)O)NC1=O. The number of hydrogen-bond acceptors (Lipinski definition) is 20. The lowest BCUT2D eigenvalue weighted by Gasteiger charge is -2.28. The second-order valence-corrected chi connectivity index (χ2v) is 21.6. The number of nitrogens with one attached hydrogen (secondary N) is 9. The number of ether oxygens (including phenoxy) is 1. The molecule has 31 nitrogen and oxygen atoms in total. The van der Waals surface area contributed by atoms with Crippen molar-refractivity contribution in [1.82, 2.24) is 47.9 Å². The standard InChI is InChI=1S/C55H95ClN12O19/c1-4-6-7-8-9-10-11-12-13-14-15-16-17-20-32(70)27-40(72)60-38-30-87-55(86)43(39(71)29-56)67-53(83)44(45(75)54(84)85)68-46(76)33(5-2)61-52(82)42(31(3)69)66-49(79)36(23-26-59)63-47(77)34(21-18-19-24-57)62-50(80)37(28-41(73)74)65-48(78)35(22-25-58)64-51(38)81/h5,31-32,34-39,42-45,69-71,75H,4,6-30,57-59H2,1-3H3,(H,60,72)(H,61,82)(H,62,80)(H,63,77)(H,64,81)(H,65,78)(H,66,79)(H,67,83)(H,68,76)(H,73,74)(H,84,85)/b33-5-/t31-,32?,34+,35-,36+,37+,38+,39-,42+,43+,44+,45+/m1/s1. The Morgan fingerprint density at radius 3 is 1.56 bits per heavy atom. The lowest BCUT2D eigenvalue weighted by atomic mass is 10.0. The zero-order chi connectivity index (χ0) is 65.6. The molecule has 32 heteroatoms. The van der Waals surface area contributed by atoms with Gasteiger partial charge in [-0.25, -0.2) is 9.59 Å².